The maximum atomic E-state index is 10.8. The molecule has 0 saturated heterocycles. The van der Waals surface area contributed by atoms with Crippen molar-refractivity contribution in [1.29, 1.82) is 0 Å². The van der Waals surface area contributed by atoms with E-state index in [0.29, 0.717) is 11.4 Å². The molecule has 6 heteroatoms. The number of nitro groups is 1. The summed E-state index contributed by atoms with van der Waals surface area (Å²) >= 11 is 1.53. The van der Waals surface area contributed by atoms with E-state index < -0.39 is 4.92 Å². The zero-order chi connectivity index (χ0) is 14.5. The second-order valence-electron chi connectivity index (χ2n) is 4.08. The number of para-hydroxylation sites is 1. The van der Waals surface area contributed by atoms with Gasteiger partial charge in [0.2, 0.25) is 0 Å². The van der Waals surface area contributed by atoms with Crippen molar-refractivity contribution in [3.05, 3.63) is 58.1 Å². The number of anilines is 1. The van der Waals surface area contributed by atoms with E-state index >= 15 is 0 Å². The maximum Gasteiger partial charge on any atom is 0.269 e. The van der Waals surface area contributed by atoms with Crippen molar-refractivity contribution < 1.29 is 9.66 Å². The molecule has 0 bridgehead atoms. The summed E-state index contributed by atoms with van der Waals surface area (Å²) in [6.07, 6.45) is 0. The van der Waals surface area contributed by atoms with Crippen LogP contribution in [0.3, 0.4) is 0 Å². The molecule has 2 aromatic carbocycles. The lowest BCUT2D eigenvalue weighted by atomic mass is 10.2. The topological polar surface area (TPSA) is 78.4 Å². The van der Waals surface area contributed by atoms with Gasteiger partial charge in [-0.05, 0) is 23.8 Å². The van der Waals surface area contributed by atoms with Gasteiger partial charge in [0.05, 0.1) is 12.0 Å². The number of hydrogen-bond donors (Lipinski definition) is 1. The van der Waals surface area contributed by atoms with Crippen molar-refractivity contribution >= 4 is 23.1 Å². The molecule has 0 amide bonds. The van der Waals surface area contributed by atoms with Crippen LogP contribution < -0.4 is 10.5 Å². The summed E-state index contributed by atoms with van der Waals surface area (Å²) in [5.41, 5.74) is 7.21. The van der Waals surface area contributed by atoms with Crippen LogP contribution in [0.2, 0.25) is 0 Å². The van der Waals surface area contributed by atoms with Gasteiger partial charge in [0.15, 0.2) is 0 Å². The molecule has 0 spiro atoms. The van der Waals surface area contributed by atoms with Crippen LogP contribution in [0.1, 0.15) is 5.56 Å². The lowest BCUT2D eigenvalue weighted by Gasteiger charge is -2.09. The summed E-state index contributed by atoms with van der Waals surface area (Å²) in [5, 5.41) is 10.8. The molecule has 0 saturated carbocycles. The molecule has 2 rings (SSSR count). The highest BCUT2D eigenvalue weighted by atomic mass is 32.2. The minimum atomic E-state index is -0.420. The van der Waals surface area contributed by atoms with Crippen molar-refractivity contribution in [2.24, 2.45) is 0 Å². The van der Waals surface area contributed by atoms with E-state index in [4.69, 9.17) is 10.5 Å². The zero-order valence-electron chi connectivity index (χ0n) is 10.9. The summed E-state index contributed by atoms with van der Waals surface area (Å²) in [6.45, 7) is 0. The lowest BCUT2D eigenvalue weighted by molar-refractivity contribution is -0.384. The highest BCUT2D eigenvalue weighted by Gasteiger charge is 2.10. The minimum absolute atomic E-state index is 0.0508. The Hall–Kier alpha value is -2.21. The first kappa shape index (κ1) is 14.2. The monoisotopic (exact) mass is 290 g/mol. The van der Waals surface area contributed by atoms with E-state index in [1.807, 2.05) is 24.3 Å². The minimum Gasteiger partial charge on any atom is -0.496 e. The van der Waals surface area contributed by atoms with E-state index in [1.165, 1.54) is 23.9 Å². The van der Waals surface area contributed by atoms with Crippen molar-refractivity contribution in [1.82, 2.24) is 0 Å². The lowest BCUT2D eigenvalue weighted by Crippen LogP contribution is -1.96. The molecule has 0 heterocycles. The Labute approximate surface area is 120 Å². The number of nitro benzene ring substituents is 1. The van der Waals surface area contributed by atoms with Crippen LogP contribution in [0, 0.1) is 10.1 Å². The number of hydrogen-bond acceptors (Lipinski definition) is 5. The summed E-state index contributed by atoms with van der Waals surface area (Å²) in [6, 6.07) is 12.1. The van der Waals surface area contributed by atoms with Crippen LogP contribution in [0.5, 0.6) is 5.75 Å². The molecule has 104 valence electrons. The van der Waals surface area contributed by atoms with Crippen LogP contribution in [0.4, 0.5) is 11.4 Å². The van der Waals surface area contributed by atoms with Gasteiger partial charge in [0.1, 0.15) is 5.75 Å². The number of nitrogens with zero attached hydrogens (tertiary/aromatic N) is 1. The Kier molecular flexibility index (Phi) is 4.47. The van der Waals surface area contributed by atoms with Crippen LogP contribution in [-0.4, -0.2) is 12.0 Å². The number of ether oxygens (including phenoxy) is 1. The van der Waals surface area contributed by atoms with Gasteiger partial charge < -0.3 is 10.5 Å². The molecule has 0 unspecified atom stereocenters. The zero-order valence-corrected chi connectivity index (χ0v) is 11.7. The van der Waals surface area contributed by atoms with Crippen LogP contribution >= 0.6 is 11.8 Å². The molecule has 0 atom stereocenters. The van der Waals surface area contributed by atoms with Crippen molar-refractivity contribution in [2.75, 3.05) is 12.8 Å². The van der Waals surface area contributed by atoms with Crippen LogP contribution in [0.15, 0.2) is 47.4 Å². The molecule has 5 nitrogen and oxygen atoms in total. The maximum absolute atomic E-state index is 10.8. The highest BCUT2D eigenvalue weighted by molar-refractivity contribution is 7.98. The molecular formula is C14H14N2O3S. The number of thioether (sulfide) groups is 1. The van der Waals surface area contributed by atoms with Crippen LogP contribution in [-0.2, 0) is 5.75 Å². The summed E-state index contributed by atoms with van der Waals surface area (Å²) in [7, 11) is 1.61. The molecule has 2 N–H and O–H groups in total. The Bertz CT molecular complexity index is 632. The van der Waals surface area contributed by atoms with Gasteiger partial charge in [-0.15, -0.1) is 11.8 Å². The number of methoxy groups -OCH3 is 1. The standard InChI is InChI=1S/C14H14N2O3S/c1-19-13-4-2-3-5-14(13)20-9-10-8-11(16(17)18)6-7-12(10)15/h2-8H,9,15H2,1H3. The first-order chi connectivity index (χ1) is 9.61. The fraction of sp³-hybridized carbons (Fsp3) is 0.143. The Morgan fingerprint density at radius 3 is 2.75 bits per heavy atom. The molecule has 0 radical (unpaired) electrons. The summed E-state index contributed by atoms with van der Waals surface area (Å²) in [4.78, 5) is 11.3. The van der Waals surface area contributed by atoms with Gasteiger partial charge in [-0.3, -0.25) is 10.1 Å². The number of benzene rings is 2. The fourth-order valence-electron chi connectivity index (χ4n) is 1.72. The molecule has 0 aliphatic heterocycles. The normalized spacial score (nSPS) is 10.2. The van der Waals surface area contributed by atoms with Gasteiger partial charge in [-0.2, -0.15) is 0 Å². The molecule has 0 aromatic heterocycles. The third kappa shape index (κ3) is 3.21. The molecule has 0 fully saturated rings. The quantitative estimate of drug-likeness (QED) is 0.395. The Balaban J connectivity index is 2.18. The third-order valence-corrected chi connectivity index (χ3v) is 3.89. The van der Waals surface area contributed by atoms with Crippen molar-refractivity contribution in [3.8, 4) is 5.75 Å². The second-order valence-corrected chi connectivity index (χ2v) is 5.10. The van der Waals surface area contributed by atoms with E-state index in [0.717, 1.165) is 16.2 Å². The fourth-order valence-corrected chi connectivity index (χ4v) is 2.75. The van der Waals surface area contributed by atoms with Gasteiger partial charge in [-0.25, -0.2) is 0 Å². The Morgan fingerprint density at radius 2 is 2.05 bits per heavy atom. The average Bonchev–Trinajstić information content (AvgIpc) is 2.46. The van der Waals surface area contributed by atoms with Gasteiger partial charge in [0, 0.05) is 28.5 Å². The van der Waals surface area contributed by atoms with Gasteiger partial charge in [-0.1, -0.05) is 12.1 Å². The average molecular weight is 290 g/mol. The van der Waals surface area contributed by atoms with Crippen molar-refractivity contribution in [2.45, 2.75) is 10.6 Å². The summed E-state index contributed by atoms with van der Waals surface area (Å²) in [5.74, 6) is 1.33. The molecule has 0 aliphatic rings. The first-order valence-corrected chi connectivity index (χ1v) is 6.89. The number of nitrogens with two attached hydrogens (primary N) is 1. The number of nitrogen functional groups attached to an aromatic ring is 1. The molecule has 20 heavy (non-hydrogen) atoms. The number of non-ortho nitro benzene ring substituents is 1. The predicted molar refractivity (Wildman–Crippen MR) is 80.1 cm³/mol. The van der Waals surface area contributed by atoms with Crippen molar-refractivity contribution in [3.63, 3.8) is 0 Å². The van der Waals surface area contributed by atoms with E-state index in [2.05, 4.69) is 0 Å². The highest BCUT2D eigenvalue weighted by Crippen LogP contribution is 2.33. The Morgan fingerprint density at radius 1 is 1.30 bits per heavy atom. The SMILES string of the molecule is COc1ccccc1SCc1cc([N+](=O)[O-])ccc1N. The molecular weight excluding hydrogens is 276 g/mol. The third-order valence-electron chi connectivity index (χ3n) is 2.79. The smallest absolute Gasteiger partial charge is 0.269 e. The van der Waals surface area contributed by atoms with Gasteiger partial charge >= 0.3 is 0 Å². The van der Waals surface area contributed by atoms with Crippen LogP contribution in [0.25, 0.3) is 0 Å². The molecule has 0 aliphatic carbocycles. The van der Waals surface area contributed by atoms with E-state index in [1.54, 1.807) is 13.2 Å². The van der Waals surface area contributed by atoms with Gasteiger partial charge in [0.25, 0.3) is 5.69 Å². The van der Waals surface area contributed by atoms with E-state index in [-0.39, 0.29) is 5.69 Å². The first-order valence-electron chi connectivity index (χ1n) is 5.90. The predicted octanol–water partition coefficient (Wildman–Crippen LogP) is 3.48. The largest absolute Gasteiger partial charge is 0.496 e. The molecule has 2 aromatic rings. The second kappa shape index (κ2) is 6.29. The number of rotatable bonds is 5. The van der Waals surface area contributed by atoms with E-state index in [9.17, 15) is 10.1 Å². The summed E-state index contributed by atoms with van der Waals surface area (Å²) < 4.78 is 5.27.